The van der Waals surface area contributed by atoms with Crippen LogP contribution in [-0.2, 0) is 0 Å². The Hall–Kier alpha value is -0.380. The number of rotatable bonds is 4. The average molecular weight is 267 g/mol. The minimum Gasteiger partial charge on any atom is -0.388 e. The molecule has 0 saturated heterocycles. The number of aliphatic hydroxyl groups excluding tert-OH is 1. The van der Waals surface area contributed by atoms with Crippen LogP contribution in [0.25, 0.3) is 0 Å². The van der Waals surface area contributed by atoms with Crippen molar-refractivity contribution in [2.45, 2.75) is 52.6 Å². The molecule has 1 aliphatic carbocycles. The van der Waals surface area contributed by atoms with Gasteiger partial charge in [0.2, 0.25) is 0 Å². The molecule has 0 amide bonds. The third-order valence-electron chi connectivity index (χ3n) is 4.68. The van der Waals surface area contributed by atoms with Gasteiger partial charge in [-0.05, 0) is 50.7 Å². The van der Waals surface area contributed by atoms with Gasteiger partial charge in [-0.25, -0.2) is 0 Å². The Morgan fingerprint density at radius 3 is 2.72 bits per heavy atom. The van der Waals surface area contributed by atoms with Crippen molar-refractivity contribution in [1.29, 1.82) is 0 Å². The van der Waals surface area contributed by atoms with Gasteiger partial charge in [-0.1, -0.05) is 13.3 Å². The van der Waals surface area contributed by atoms with Gasteiger partial charge in [0.05, 0.1) is 6.10 Å². The Morgan fingerprint density at radius 2 is 2.28 bits per heavy atom. The van der Waals surface area contributed by atoms with Gasteiger partial charge >= 0.3 is 0 Å². The standard InChI is InChI=1S/C15H25NOS/c1-4-12-5-6-15(8-12,9-16)14(17)13-7-10(2)18-11(13)3/h7,12,14,17H,4-6,8-9,16H2,1-3H3. The van der Waals surface area contributed by atoms with E-state index >= 15 is 0 Å². The van der Waals surface area contributed by atoms with Crippen molar-refractivity contribution < 1.29 is 5.11 Å². The van der Waals surface area contributed by atoms with E-state index in [0.29, 0.717) is 6.54 Å². The fraction of sp³-hybridized carbons (Fsp3) is 0.733. The third-order valence-corrected chi connectivity index (χ3v) is 5.67. The molecule has 2 rings (SSSR count). The molecule has 3 unspecified atom stereocenters. The summed E-state index contributed by atoms with van der Waals surface area (Å²) in [5, 5.41) is 10.8. The lowest BCUT2D eigenvalue weighted by atomic mass is 9.76. The maximum atomic E-state index is 10.8. The maximum absolute atomic E-state index is 10.8. The number of hydrogen-bond donors (Lipinski definition) is 2. The molecule has 0 radical (unpaired) electrons. The molecule has 3 N–H and O–H groups in total. The Kier molecular flexibility index (Phi) is 4.15. The van der Waals surface area contributed by atoms with E-state index in [-0.39, 0.29) is 11.5 Å². The second-order valence-electron chi connectivity index (χ2n) is 5.85. The van der Waals surface area contributed by atoms with Crippen LogP contribution in [0.3, 0.4) is 0 Å². The van der Waals surface area contributed by atoms with Crippen molar-refractivity contribution >= 4 is 11.3 Å². The van der Waals surface area contributed by atoms with Crippen molar-refractivity contribution in [2.24, 2.45) is 17.1 Å². The Labute approximate surface area is 114 Å². The second kappa shape index (κ2) is 5.32. The highest BCUT2D eigenvalue weighted by molar-refractivity contribution is 7.12. The van der Waals surface area contributed by atoms with Crippen LogP contribution in [0.5, 0.6) is 0 Å². The van der Waals surface area contributed by atoms with E-state index in [9.17, 15) is 5.11 Å². The van der Waals surface area contributed by atoms with E-state index in [1.54, 1.807) is 11.3 Å². The lowest BCUT2D eigenvalue weighted by Gasteiger charge is -2.33. The smallest absolute Gasteiger partial charge is 0.0869 e. The molecule has 1 aliphatic rings. The Morgan fingerprint density at radius 1 is 1.56 bits per heavy atom. The molecule has 3 heteroatoms. The first-order chi connectivity index (χ1) is 8.52. The van der Waals surface area contributed by atoms with E-state index in [1.807, 2.05) is 0 Å². The summed E-state index contributed by atoms with van der Waals surface area (Å²) in [6.07, 6.45) is 4.18. The summed E-state index contributed by atoms with van der Waals surface area (Å²) in [4.78, 5) is 2.52. The zero-order chi connectivity index (χ0) is 13.3. The van der Waals surface area contributed by atoms with Crippen molar-refractivity contribution in [3.05, 3.63) is 21.4 Å². The first kappa shape index (κ1) is 14.0. The van der Waals surface area contributed by atoms with Gasteiger partial charge in [-0.2, -0.15) is 0 Å². The molecular weight excluding hydrogens is 242 g/mol. The lowest BCUT2D eigenvalue weighted by Crippen LogP contribution is -2.34. The molecule has 1 saturated carbocycles. The van der Waals surface area contributed by atoms with Crippen molar-refractivity contribution in [1.82, 2.24) is 0 Å². The van der Waals surface area contributed by atoms with Crippen molar-refractivity contribution in [2.75, 3.05) is 6.54 Å². The number of hydrogen-bond acceptors (Lipinski definition) is 3. The number of thiophene rings is 1. The van der Waals surface area contributed by atoms with Crippen molar-refractivity contribution in [3.8, 4) is 0 Å². The van der Waals surface area contributed by atoms with Crippen LogP contribution in [0.1, 0.15) is 54.0 Å². The summed E-state index contributed by atoms with van der Waals surface area (Å²) in [5.74, 6) is 0.739. The van der Waals surface area contributed by atoms with Crippen molar-refractivity contribution in [3.63, 3.8) is 0 Å². The fourth-order valence-corrected chi connectivity index (χ4v) is 4.37. The molecule has 0 spiro atoms. The van der Waals surface area contributed by atoms with Crippen LogP contribution in [0.15, 0.2) is 6.07 Å². The third kappa shape index (κ3) is 2.36. The average Bonchev–Trinajstić information content (AvgIpc) is 2.92. The molecule has 1 aromatic heterocycles. The van der Waals surface area contributed by atoms with Gasteiger partial charge in [0.1, 0.15) is 0 Å². The summed E-state index contributed by atoms with van der Waals surface area (Å²) >= 11 is 1.77. The number of aryl methyl sites for hydroxylation is 2. The van der Waals surface area contributed by atoms with Gasteiger partial charge in [-0.15, -0.1) is 11.3 Å². The highest BCUT2D eigenvalue weighted by atomic mass is 32.1. The number of aliphatic hydroxyl groups is 1. The quantitative estimate of drug-likeness (QED) is 0.876. The van der Waals surface area contributed by atoms with Gasteiger partial charge in [0, 0.05) is 21.7 Å². The predicted octanol–water partition coefficient (Wildman–Crippen LogP) is 3.55. The molecule has 1 heterocycles. The zero-order valence-electron chi connectivity index (χ0n) is 11.7. The molecule has 18 heavy (non-hydrogen) atoms. The molecule has 102 valence electrons. The highest BCUT2D eigenvalue weighted by Gasteiger charge is 2.44. The topological polar surface area (TPSA) is 46.2 Å². The minimum absolute atomic E-state index is 0.0844. The Bertz CT molecular complexity index is 415. The molecule has 0 bridgehead atoms. The molecular formula is C15H25NOS. The van der Waals surface area contributed by atoms with Gasteiger partial charge in [0.15, 0.2) is 0 Å². The summed E-state index contributed by atoms with van der Waals surface area (Å²) in [5.41, 5.74) is 7.05. The van der Waals surface area contributed by atoms with E-state index in [1.165, 1.54) is 22.6 Å². The molecule has 1 aromatic rings. The number of nitrogens with two attached hydrogens (primary N) is 1. The van der Waals surface area contributed by atoms with Gasteiger partial charge in [-0.3, -0.25) is 0 Å². The van der Waals surface area contributed by atoms with Crippen LogP contribution < -0.4 is 5.73 Å². The van der Waals surface area contributed by atoms with E-state index in [2.05, 4.69) is 26.8 Å². The normalized spacial score (nSPS) is 29.7. The monoisotopic (exact) mass is 267 g/mol. The van der Waals surface area contributed by atoms with Crippen LogP contribution in [-0.4, -0.2) is 11.7 Å². The first-order valence-corrected chi connectivity index (χ1v) is 7.79. The minimum atomic E-state index is -0.385. The first-order valence-electron chi connectivity index (χ1n) is 6.97. The second-order valence-corrected chi connectivity index (χ2v) is 7.32. The predicted molar refractivity (Wildman–Crippen MR) is 77.9 cm³/mol. The molecule has 1 fully saturated rings. The fourth-order valence-electron chi connectivity index (χ4n) is 3.42. The zero-order valence-corrected chi connectivity index (χ0v) is 12.5. The van der Waals surface area contributed by atoms with Crippen LogP contribution in [0.4, 0.5) is 0 Å². The SMILES string of the molecule is CCC1CCC(CN)(C(O)c2cc(C)sc2C)C1. The highest BCUT2D eigenvalue weighted by Crippen LogP contribution is 2.51. The summed E-state index contributed by atoms with van der Waals surface area (Å²) < 4.78 is 0. The van der Waals surface area contributed by atoms with E-state index < -0.39 is 0 Å². The molecule has 0 aliphatic heterocycles. The molecule has 2 nitrogen and oxygen atoms in total. The summed E-state index contributed by atoms with van der Waals surface area (Å²) in [7, 11) is 0. The molecule has 0 aromatic carbocycles. The summed E-state index contributed by atoms with van der Waals surface area (Å²) in [6, 6.07) is 2.14. The van der Waals surface area contributed by atoms with Gasteiger partial charge < -0.3 is 10.8 Å². The van der Waals surface area contributed by atoms with Crippen LogP contribution >= 0.6 is 11.3 Å². The van der Waals surface area contributed by atoms with Crippen LogP contribution in [0.2, 0.25) is 0 Å². The van der Waals surface area contributed by atoms with E-state index in [4.69, 9.17) is 5.73 Å². The lowest BCUT2D eigenvalue weighted by molar-refractivity contribution is 0.0300. The maximum Gasteiger partial charge on any atom is 0.0869 e. The van der Waals surface area contributed by atoms with Gasteiger partial charge in [0.25, 0.3) is 0 Å². The molecule has 3 atom stereocenters. The Balaban J connectivity index is 2.25. The van der Waals surface area contributed by atoms with Crippen LogP contribution in [0, 0.1) is 25.2 Å². The summed E-state index contributed by atoms with van der Waals surface area (Å²) in [6.45, 7) is 7.04. The largest absolute Gasteiger partial charge is 0.388 e. The van der Waals surface area contributed by atoms with E-state index in [0.717, 1.165) is 24.3 Å².